The third kappa shape index (κ3) is 1.86. The number of carbonyl (C=O) groups excluding carboxylic acids is 1. The maximum atomic E-state index is 12.1. The van der Waals surface area contributed by atoms with Gasteiger partial charge in [0.2, 0.25) is 0 Å². The number of likely N-dealkylation sites (tertiary alicyclic amines) is 1. The van der Waals surface area contributed by atoms with Crippen LogP contribution in [0.5, 0.6) is 0 Å². The molecule has 0 radical (unpaired) electrons. The highest BCUT2D eigenvalue weighted by molar-refractivity contribution is 6.18. The third-order valence-electron chi connectivity index (χ3n) is 2.88. The quantitative estimate of drug-likeness (QED) is 0.780. The highest BCUT2D eigenvalue weighted by Gasteiger charge is 2.29. The minimum atomic E-state index is 0.0457. The van der Waals surface area contributed by atoms with Crippen LogP contribution < -0.4 is 0 Å². The molecule has 4 nitrogen and oxygen atoms in total. The zero-order valence-corrected chi connectivity index (χ0v) is 9.42. The molecule has 1 atom stereocenters. The van der Waals surface area contributed by atoms with Crippen LogP contribution in [0.4, 0.5) is 0 Å². The fourth-order valence-electron chi connectivity index (χ4n) is 1.98. The Morgan fingerprint density at radius 2 is 2.60 bits per heavy atom. The van der Waals surface area contributed by atoms with E-state index < -0.39 is 0 Å². The SMILES string of the molecule is Cc1[nH]ncc1C(=O)N1CCCC1CCl. The summed E-state index contributed by atoms with van der Waals surface area (Å²) in [4.78, 5) is 14.0. The fourth-order valence-corrected chi connectivity index (χ4v) is 2.31. The molecule has 1 fully saturated rings. The first-order valence-electron chi connectivity index (χ1n) is 5.11. The van der Waals surface area contributed by atoms with E-state index in [1.165, 1.54) is 0 Å². The van der Waals surface area contributed by atoms with Crippen LogP contribution in [0.1, 0.15) is 28.9 Å². The number of aryl methyl sites for hydroxylation is 1. The molecule has 0 aliphatic carbocycles. The number of hydrogen-bond acceptors (Lipinski definition) is 2. The van der Waals surface area contributed by atoms with Crippen LogP contribution in [0.2, 0.25) is 0 Å². The molecule has 15 heavy (non-hydrogen) atoms. The number of rotatable bonds is 2. The van der Waals surface area contributed by atoms with Crippen LogP contribution in [-0.2, 0) is 0 Å². The topological polar surface area (TPSA) is 49.0 Å². The number of nitrogens with one attached hydrogen (secondary N) is 1. The zero-order valence-electron chi connectivity index (χ0n) is 8.66. The standard InChI is InChI=1S/C10H14ClN3O/c1-7-9(6-12-13-7)10(15)14-4-2-3-8(14)5-11/h6,8H,2-5H2,1H3,(H,12,13). The highest BCUT2D eigenvalue weighted by atomic mass is 35.5. The van der Waals surface area contributed by atoms with E-state index in [1.807, 2.05) is 11.8 Å². The molecule has 0 aromatic carbocycles. The molecule has 0 bridgehead atoms. The maximum Gasteiger partial charge on any atom is 0.257 e. The van der Waals surface area contributed by atoms with Gasteiger partial charge in [0.1, 0.15) is 0 Å². The Hall–Kier alpha value is -1.03. The molecular weight excluding hydrogens is 214 g/mol. The largest absolute Gasteiger partial charge is 0.334 e. The normalized spacial score (nSPS) is 20.9. The van der Waals surface area contributed by atoms with E-state index in [1.54, 1.807) is 6.20 Å². The Labute approximate surface area is 93.6 Å². The van der Waals surface area contributed by atoms with E-state index in [0.717, 1.165) is 25.1 Å². The minimum absolute atomic E-state index is 0.0457. The van der Waals surface area contributed by atoms with Crippen LogP contribution in [0, 0.1) is 6.92 Å². The number of hydrogen-bond donors (Lipinski definition) is 1. The molecule has 1 aromatic rings. The van der Waals surface area contributed by atoms with Crippen molar-refractivity contribution in [1.29, 1.82) is 0 Å². The lowest BCUT2D eigenvalue weighted by molar-refractivity contribution is 0.0748. The molecule has 1 saturated heterocycles. The molecule has 1 aromatic heterocycles. The van der Waals surface area contributed by atoms with Crippen molar-refractivity contribution in [2.24, 2.45) is 0 Å². The Morgan fingerprint density at radius 3 is 3.20 bits per heavy atom. The number of halogens is 1. The van der Waals surface area contributed by atoms with Crippen molar-refractivity contribution < 1.29 is 4.79 Å². The lowest BCUT2D eigenvalue weighted by Gasteiger charge is -2.22. The molecule has 1 unspecified atom stereocenters. The molecule has 1 amide bonds. The summed E-state index contributed by atoms with van der Waals surface area (Å²) in [6.07, 6.45) is 3.63. The summed E-state index contributed by atoms with van der Waals surface area (Å²) in [6, 6.07) is 0.188. The van der Waals surface area contributed by atoms with Gasteiger partial charge in [-0.3, -0.25) is 9.89 Å². The number of carbonyl (C=O) groups is 1. The van der Waals surface area contributed by atoms with E-state index in [2.05, 4.69) is 10.2 Å². The first kappa shape index (κ1) is 10.5. The first-order valence-corrected chi connectivity index (χ1v) is 5.64. The minimum Gasteiger partial charge on any atom is -0.334 e. The van der Waals surface area contributed by atoms with Crippen LogP contribution in [0.3, 0.4) is 0 Å². The number of aromatic amines is 1. The molecule has 2 heterocycles. The van der Waals surface area contributed by atoms with Gasteiger partial charge in [-0.1, -0.05) is 0 Å². The fraction of sp³-hybridized carbons (Fsp3) is 0.600. The molecule has 0 spiro atoms. The molecule has 2 rings (SSSR count). The van der Waals surface area contributed by atoms with Gasteiger partial charge in [0, 0.05) is 24.2 Å². The van der Waals surface area contributed by atoms with Crippen molar-refractivity contribution in [2.75, 3.05) is 12.4 Å². The van der Waals surface area contributed by atoms with Crippen molar-refractivity contribution in [3.8, 4) is 0 Å². The maximum absolute atomic E-state index is 12.1. The van der Waals surface area contributed by atoms with Gasteiger partial charge in [-0.05, 0) is 19.8 Å². The van der Waals surface area contributed by atoms with Crippen LogP contribution in [0.15, 0.2) is 6.20 Å². The van der Waals surface area contributed by atoms with Crippen molar-refractivity contribution in [2.45, 2.75) is 25.8 Å². The molecule has 0 saturated carbocycles. The average molecular weight is 228 g/mol. The summed E-state index contributed by atoms with van der Waals surface area (Å²) < 4.78 is 0. The number of aromatic nitrogens is 2. The van der Waals surface area contributed by atoms with E-state index in [0.29, 0.717) is 11.4 Å². The van der Waals surface area contributed by atoms with Gasteiger partial charge in [0.05, 0.1) is 11.8 Å². The summed E-state index contributed by atoms with van der Waals surface area (Å²) >= 11 is 5.83. The lowest BCUT2D eigenvalue weighted by atomic mass is 10.2. The molecule has 1 N–H and O–H groups in total. The van der Waals surface area contributed by atoms with Crippen molar-refractivity contribution in [3.05, 3.63) is 17.5 Å². The van der Waals surface area contributed by atoms with Crippen LogP contribution in [0.25, 0.3) is 0 Å². The Kier molecular flexibility index (Phi) is 2.95. The van der Waals surface area contributed by atoms with E-state index in [9.17, 15) is 4.79 Å². The Balaban J connectivity index is 2.18. The van der Waals surface area contributed by atoms with Gasteiger partial charge in [-0.15, -0.1) is 11.6 Å². The first-order chi connectivity index (χ1) is 7.24. The average Bonchev–Trinajstić information content (AvgIpc) is 2.84. The van der Waals surface area contributed by atoms with Gasteiger partial charge in [-0.2, -0.15) is 5.10 Å². The second kappa shape index (κ2) is 4.23. The molecule has 1 aliphatic heterocycles. The molecular formula is C10H14ClN3O. The van der Waals surface area contributed by atoms with E-state index in [4.69, 9.17) is 11.6 Å². The van der Waals surface area contributed by atoms with E-state index >= 15 is 0 Å². The third-order valence-corrected chi connectivity index (χ3v) is 3.23. The number of H-pyrrole nitrogens is 1. The van der Waals surface area contributed by atoms with Crippen molar-refractivity contribution in [1.82, 2.24) is 15.1 Å². The highest BCUT2D eigenvalue weighted by Crippen LogP contribution is 2.21. The predicted octanol–water partition coefficient (Wildman–Crippen LogP) is 1.56. The van der Waals surface area contributed by atoms with E-state index in [-0.39, 0.29) is 11.9 Å². The summed E-state index contributed by atoms with van der Waals surface area (Å²) in [5.41, 5.74) is 1.48. The zero-order chi connectivity index (χ0) is 10.8. The molecule has 5 heteroatoms. The lowest BCUT2D eigenvalue weighted by Crippen LogP contribution is -2.36. The summed E-state index contributed by atoms with van der Waals surface area (Å²) in [5, 5.41) is 6.63. The van der Waals surface area contributed by atoms with Gasteiger partial charge in [0.15, 0.2) is 0 Å². The summed E-state index contributed by atoms with van der Waals surface area (Å²) in [5.74, 6) is 0.562. The monoisotopic (exact) mass is 227 g/mol. The van der Waals surface area contributed by atoms with Gasteiger partial charge in [-0.25, -0.2) is 0 Å². The smallest absolute Gasteiger partial charge is 0.257 e. The van der Waals surface area contributed by atoms with Crippen LogP contribution in [-0.4, -0.2) is 39.5 Å². The van der Waals surface area contributed by atoms with Gasteiger partial charge < -0.3 is 4.90 Å². The predicted molar refractivity (Wildman–Crippen MR) is 58.1 cm³/mol. The van der Waals surface area contributed by atoms with Crippen molar-refractivity contribution >= 4 is 17.5 Å². The Bertz CT molecular complexity index is 363. The van der Waals surface area contributed by atoms with Gasteiger partial charge in [0.25, 0.3) is 5.91 Å². The number of alkyl halides is 1. The van der Waals surface area contributed by atoms with Gasteiger partial charge >= 0.3 is 0 Å². The summed E-state index contributed by atoms with van der Waals surface area (Å²) in [7, 11) is 0. The number of amides is 1. The second-order valence-corrected chi connectivity index (χ2v) is 4.17. The molecule has 82 valence electrons. The number of nitrogens with zero attached hydrogens (tertiary/aromatic N) is 2. The second-order valence-electron chi connectivity index (χ2n) is 3.86. The van der Waals surface area contributed by atoms with Crippen molar-refractivity contribution in [3.63, 3.8) is 0 Å². The van der Waals surface area contributed by atoms with Crippen LogP contribution >= 0.6 is 11.6 Å². The summed E-state index contributed by atoms with van der Waals surface area (Å²) in [6.45, 7) is 2.66. The molecule has 1 aliphatic rings. The Morgan fingerprint density at radius 1 is 1.80 bits per heavy atom.